The van der Waals surface area contributed by atoms with Crippen LogP contribution in [0.4, 0.5) is 8.78 Å². The number of hydrogen-bond donors (Lipinski definition) is 1. The standard InChI is InChI=1S/C16H15F2NO/c1-10-6-7-15(18)14(8-10)16(20)19-11(2)12-4-3-5-13(17)9-12/h3-9,11H,1-2H3,(H,19,20). The topological polar surface area (TPSA) is 29.1 Å². The number of hydrogen-bond acceptors (Lipinski definition) is 1. The minimum atomic E-state index is -0.570. The van der Waals surface area contributed by atoms with Gasteiger partial charge in [0.15, 0.2) is 0 Å². The van der Waals surface area contributed by atoms with Crippen LogP contribution in [0, 0.1) is 18.6 Å². The number of nitrogens with one attached hydrogen (secondary N) is 1. The third-order valence-electron chi connectivity index (χ3n) is 3.06. The number of halogens is 2. The molecule has 0 heterocycles. The first-order chi connectivity index (χ1) is 9.47. The van der Waals surface area contributed by atoms with E-state index in [1.54, 1.807) is 32.0 Å². The first kappa shape index (κ1) is 14.2. The van der Waals surface area contributed by atoms with Gasteiger partial charge < -0.3 is 5.32 Å². The molecule has 0 radical (unpaired) electrons. The minimum absolute atomic E-state index is 0.00625. The second kappa shape index (κ2) is 5.82. The zero-order chi connectivity index (χ0) is 14.7. The lowest BCUT2D eigenvalue weighted by Gasteiger charge is -2.15. The summed E-state index contributed by atoms with van der Waals surface area (Å²) in [7, 11) is 0. The molecule has 0 aliphatic carbocycles. The lowest BCUT2D eigenvalue weighted by molar-refractivity contribution is 0.0935. The van der Waals surface area contributed by atoms with Crippen molar-refractivity contribution in [2.75, 3.05) is 0 Å². The van der Waals surface area contributed by atoms with Crippen LogP contribution in [0.3, 0.4) is 0 Å². The molecule has 0 saturated heterocycles. The summed E-state index contributed by atoms with van der Waals surface area (Å²) in [6, 6.07) is 9.90. The minimum Gasteiger partial charge on any atom is -0.345 e. The van der Waals surface area contributed by atoms with E-state index in [4.69, 9.17) is 0 Å². The van der Waals surface area contributed by atoms with Gasteiger partial charge in [0.2, 0.25) is 0 Å². The third-order valence-corrected chi connectivity index (χ3v) is 3.06. The number of amides is 1. The highest BCUT2D eigenvalue weighted by Gasteiger charge is 2.15. The zero-order valence-corrected chi connectivity index (χ0v) is 11.3. The summed E-state index contributed by atoms with van der Waals surface area (Å²) in [6.07, 6.45) is 0. The molecule has 0 bridgehead atoms. The van der Waals surface area contributed by atoms with Crippen molar-refractivity contribution in [1.29, 1.82) is 0 Å². The smallest absolute Gasteiger partial charge is 0.254 e. The van der Waals surface area contributed by atoms with Crippen molar-refractivity contribution in [3.63, 3.8) is 0 Å². The van der Waals surface area contributed by atoms with Crippen LogP contribution in [-0.2, 0) is 0 Å². The Bertz CT molecular complexity index is 640. The molecule has 0 aromatic heterocycles. The van der Waals surface area contributed by atoms with Crippen LogP contribution in [0.15, 0.2) is 42.5 Å². The molecule has 0 spiro atoms. The molecule has 1 amide bonds. The highest BCUT2D eigenvalue weighted by molar-refractivity contribution is 5.94. The van der Waals surface area contributed by atoms with Gasteiger partial charge in [0.1, 0.15) is 11.6 Å². The first-order valence-corrected chi connectivity index (χ1v) is 6.30. The molecule has 0 aliphatic heterocycles. The summed E-state index contributed by atoms with van der Waals surface area (Å²) in [5.74, 6) is -1.45. The summed E-state index contributed by atoms with van der Waals surface area (Å²) >= 11 is 0. The van der Waals surface area contributed by atoms with Crippen molar-refractivity contribution in [3.05, 3.63) is 70.8 Å². The highest BCUT2D eigenvalue weighted by Crippen LogP contribution is 2.16. The summed E-state index contributed by atoms with van der Waals surface area (Å²) in [4.78, 5) is 12.0. The van der Waals surface area contributed by atoms with E-state index in [9.17, 15) is 13.6 Å². The monoisotopic (exact) mass is 275 g/mol. The number of rotatable bonds is 3. The average Bonchev–Trinajstić information content (AvgIpc) is 2.41. The SMILES string of the molecule is Cc1ccc(F)c(C(=O)NC(C)c2cccc(F)c2)c1. The molecule has 0 aliphatic rings. The second-order valence-electron chi connectivity index (χ2n) is 4.73. The fourth-order valence-electron chi connectivity index (χ4n) is 1.95. The predicted molar refractivity (Wildman–Crippen MR) is 73.4 cm³/mol. The summed E-state index contributed by atoms with van der Waals surface area (Å²) in [5.41, 5.74) is 1.43. The van der Waals surface area contributed by atoms with Gasteiger partial charge in [-0.05, 0) is 43.7 Å². The Balaban J connectivity index is 2.17. The van der Waals surface area contributed by atoms with Crippen LogP contribution < -0.4 is 5.32 Å². The molecule has 2 aromatic rings. The van der Waals surface area contributed by atoms with E-state index in [1.807, 2.05) is 0 Å². The van der Waals surface area contributed by atoms with Crippen molar-refractivity contribution in [3.8, 4) is 0 Å². The Kier molecular flexibility index (Phi) is 4.13. The molecular formula is C16H15F2NO. The molecule has 0 saturated carbocycles. The van der Waals surface area contributed by atoms with Crippen LogP contribution in [-0.4, -0.2) is 5.91 Å². The van der Waals surface area contributed by atoms with Crippen LogP contribution >= 0.6 is 0 Å². The maximum atomic E-state index is 13.6. The summed E-state index contributed by atoms with van der Waals surface area (Å²) < 4.78 is 26.7. The Morgan fingerprint density at radius 1 is 1.15 bits per heavy atom. The third kappa shape index (κ3) is 3.20. The van der Waals surface area contributed by atoms with Gasteiger partial charge in [-0.25, -0.2) is 8.78 Å². The molecule has 1 N–H and O–H groups in total. The maximum absolute atomic E-state index is 13.6. The van der Waals surface area contributed by atoms with Crippen LogP contribution in [0.1, 0.15) is 34.5 Å². The molecule has 104 valence electrons. The second-order valence-corrected chi connectivity index (χ2v) is 4.73. The van der Waals surface area contributed by atoms with Crippen molar-refractivity contribution in [1.82, 2.24) is 5.32 Å². The van der Waals surface area contributed by atoms with E-state index in [-0.39, 0.29) is 11.4 Å². The number of benzene rings is 2. The van der Waals surface area contributed by atoms with Crippen LogP contribution in [0.2, 0.25) is 0 Å². The predicted octanol–water partition coefficient (Wildman–Crippen LogP) is 3.76. The van der Waals surface area contributed by atoms with Gasteiger partial charge in [-0.2, -0.15) is 0 Å². The maximum Gasteiger partial charge on any atom is 0.254 e. The van der Waals surface area contributed by atoms with E-state index < -0.39 is 17.8 Å². The Hall–Kier alpha value is -2.23. The normalized spacial score (nSPS) is 12.0. The van der Waals surface area contributed by atoms with Crippen molar-refractivity contribution >= 4 is 5.91 Å². The number of carbonyl (C=O) groups is 1. The molecule has 1 unspecified atom stereocenters. The van der Waals surface area contributed by atoms with Crippen molar-refractivity contribution in [2.24, 2.45) is 0 Å². The van der Waals surface area contributed by atoms with E-state index in [2.05, 4.69) is 5.32 Å². The lowest BCUT2D eigenvalue weighted by Crippen LogP contribution is -2.27. The van der Waals surface area contributed by atoms with Gasteiger partial charge in [-0.15, -0.1) is 0 Å². The molecule has 0 fully saturated rings. The molecule has 1 atom stereocenters. The quantitative estimate of drug-likeness (QED) is 0.907. The fraction of sp³-hybridized carbons (Fsp3) is 0.188. The van der Waals surface area contributed by atoms with E-state index in [0.29, 0.717) is 5.56 Å². The molecule has 4 heteroatoms. The molecule has 2 rings (SSSR count). The van der Waals surface area contributed by atoms with Crippen molar-refractivity contribution in [2.45, 2.75) is 19.9 Å². The van der Waals surface area contributed by atoms with E-state index in [1.165, 1.54) is 24.3 Å². The van der Waals surface area contributed by atoms with Gasteiger partial charge >= 0.3 is 0 Å². The first-order valence-electron chi connectivity index (χ1n) is 6.30. The number of carbonyl (C=O) groups excluding carboxylic acids is 1. The van der Waals surface area contributed by atoms with Crippen LogP contribution in [0.5, 0.6) is 0 Å². The summed E-state index contributed by atoms with van der Waals surface area (Å²) in [5, 5.41) is 2.66. The molecule has 20 heavy (non-hydrogen) atoms. The van der Waals surface area contributed by atoms with E-state index >= 15 is 0 Å². The van der Waals surface area contributed by atoms with Crippen molar-refractivity contribution < 1.29 is 13.6 Å². The molecule has 2 nitrogen and oxygen atoms in total. The van der Waals surface area contributed by atoms with Gasteiger partial charge in [-0.1, -0.05) is 23.8 Å². The Labute approximate surface area is 116 Å². The van der Waals surface area contributed by atoms with Crippen LogP contribution in [0.25, 0.3) is 0 Å². The number of aryl methyl sites for hydroxylation is 1. The van der Waals surface area contributed by atoms with Gasteiger partial charge in [0.25, 0.3) is 5.91 Å². The van der Waals surface area contributed by atoms with E-state index in [0.717, 1.165) is 5.56 Å². The Morgan fingerprint density at radius 3 is 2.60 bits per heavy atom. The molecule has 2 aromatic carbocycles. The lowest BCUT2D eigenvalue weighted by atomic mass is 10.1. The van der Waals surface area contributed by atoms with Gasteiger partial charge in [0.05, 0.1) is 11.6 Å². The highest BCUT2D eigenvalue weighted by atomic mass is 19.1. The summed E-state index contributed by atoms with van der Waals surface area (Å²) in [6.45, 7) is 3.51. The zero-order valence-electron chi connectivity index (χ0n) is 11.3. The average molecular weight is 275 g/mol. The largest absolute Gasteiger partial charge is 0.345 e. The van der Waals surface area contributed by atoms with Gasteiger partial charge in [-0.3, -0.25) is 4.79 Å². The Morgan fingerprint density at radius 2 is 1.90 bits per heavy atom. The fourth-order valence-corrected chi connectivity index (χ4v) is 1.95. The molecular weight excluding hydrogens is 260 g/mol. The van der Waals surface area contributed by atoms with Gasteiger partial charge in [0, 0.05) is 0 Å².